The molecule has 0 spiro atoms. The Bertz CT molecular complexity index is 1780. The first kappa shape index (κ1) is 35.1. The van der Waals surface area contributed by atoms with Gasteiger partial charge in [-0.05, 0) is 112 Å². The molecule has 1 fully saturated rings. The first-order valence-corrected chi connectivity index (χ1v) is 15.9. The van der Waals surface area contributed by atoms with Gasteiger partial charge in [0.1, 0.15) is 17.2 Å². The molecule has 4 aromatic rings. The van der Waals surface area contributed by atoms with Gasteiger partial charge in [-0.25, -0.2) is 18.7 Å². The van der Waals surface area contributed by atoms with Crippen LogP contribution in [0.2, 0.25) is 0 Å². The number of aryl methyl sites for hydroxylation is 2. The molecule has 5 rings (SSSR count). The van der Waals surface area contributed by atoms with Crippen LogP contribution in [0.25, 0.3) is 11.3 Å². The second-order valence-electron chi connectivity index (χ2n) is 12.4. The molecule has 4 N–H and O–H groups in total. The van der Waals surface area contributed by atoms with E-state index in [0.717, 1.165) is 5.56 Å². The van der Waals surface area contributed by atoms with Crippen LogP contribution < -0.4 is 5.32 Å². The Morgan fingerprint density at radius 2 is 1.73 bits per heavy atom. The minimum atomic E-state index is -2.62. The quantitative estimate of drug-likeness (QED) is 0.0723. The number of esters is 2. The first-order valence-electron chi connectivity index (χ1n) is 15.9. The Balaban J connectivity index is 1.10. The molecule has 1 atom stereocenters. The van der Waals surface area contributed by atoms with Gasteiger partial charge in [0.2, 0.25) is 6.79 Å². The van der Waals surface area contributed by atoms with Crippen LogP contribution in [-0.4, -0.2) is 49.0 Å². The highest BCUT2D eigenvalue weighted by atomic mass is 19.3. The summed E-state index contributed by atoms with van der Waals surface area (Å²) in [6.45, 7) is 3.10. The van der Waals surface area contributed by atoms with Gasteiger partial charge in [0.25, 0.3) is 6.43 Å². The highest BCUT2D eigenvalue weighted by Gasteiger charge is 2.39. The number of halogens is 2. The Hall–Kier alpha value is -5.17. The van der Waals surface area contributed by atoms with Crippen molar-refractivity contribution in [2.45, 2.75) is 64.4 Å². The third-order valence-corrected chi connectivity index (χ3v) is 8.77. The molecule has 3 heterocycles. The maximum atomic E-state index is 13.1. The fraction of sp³-hybridized carbons (Fsp3) is 0.361. The van der Waals surface area contributed by atoms with Crippen LogP contribution in [0.4, 0.5) is 20.4 Å². The molecule has 3 aromatic heterocycles. The van der Waals surface area contributed by atoms with Crippen molar-refractivity contribution in [1.82, 2.24) is 15.0 Å². The Morgan fingerprint density at radius 1 is 0.959 bits per heavy atom. The van der Waals surface area contributed by atoms with E-state index in [1.807, 2.05) is 19.1 Å². The average Bonchev–Trinajstić information content (AvgIpc) is 3.08. The van der Waals surface area contributed by atoms with E-state index >= 15 is 0 Å². The number of pyridine rings is 3. The number of carbonyl (C=O) groups is 2. The number of nitrogens with zero attached hydrogens (tertiary/aromatic N) is 3. The molecule has 1 saturated carbocycles. The summed E-state index contributed by atoms with van der Waals surface area (Å²) >= 11 is 0. The number of hydrogen-bond acceptors (Lipinski definition) is 11. The first-order chi connectivity index (χ1) is 23.4. The number of carbonyl (C=O) groups excluding carboxylic acids is 2. The highest BCUT2D eigenvalue weighted by molar-refractivity contribution is 5.73. The highest BCUT2D eigenvalue weighted by Crippen LogP contribution is 2.41. The smallest absolute Gasteiger partial charge is 0.311 e. The standard InChI is InChI=1S/C36H38F2N4O7/c1-21-15-27(41-32(16-21)42-31-18-24(34(37)38)13-14-39-31)25-7-11-30(40-19-25)36(2,47)26-8-5-23(6-9-26)35(46)49-20-48-33(45)12-4-22-3-10-28(43)29(44)17-22/h3,7,10-11,13-19,23,26,34,43-44,47H,4-6,8-9,12,20H2,1-2H3,(H,39,41,42)/t23-,26-,36-/m1/s1. The molecule has 1 aliphatic rings. The number of anilines is 2. The molecule has 0 bridgehead atoms. The summed E-state index contributed by atoms with van der Waals surface area (Å²) in [5.74, 6) is -1.41. The zero-order chi connectivity index (χ0) is 35.1. The predicted octanol–water partition coefficient (Wildman–Crippen LogP) is 6.63. The van der Waals surface area contributed by atoms with Crippen molar-refractivity contribution in [2.75, 3.05) is 12.1 Å². The van der Waals surface area contributed by atoms with E-state index in [0.29, 0.717) is 54.0 Å². The van der Waals surface area contributed by atoms with Crippen LogP contribution in [0.15, 0.2) is 67.0 Å². The van der Waals surface area contributed by atoms with Crippen LogP contribution in [0.5, 0.6) is 11.5 Å². The van der Waals surface area contributed by atoms with Gasteiger partial charge >= 0.3 is 11.9 Å². The van der Waals surface area contributed by atoms with Crippen LogP contribution in [0.3, 0.4) is 0 Å². The number of hydrogen-bond donors (Lipinski definition) is 4. The van der Waals surface area contributed by atoms with Crippen LogP contribution in [0, 0.1) is 18.8 Å². The number of ether oxygens (including phenoxy) is 2. The number of nitrogens with one attached hydrogen (secondary N) is 1. The SMILES string of the molecule is Cc1cc(Nc2cc(C(F)F)ccn2)nc(-c2ccc([C@](C)(O)[C@H]3CC[C@H](C(=O)OCOC(=O)CCc4ccc(O)c(O)c4)CC3)nc2)c1. The van der Waals surface area contributed by atoms with Gasteiger partial charge in [0, 0.05) is 29.9 Å². The summed E-state index contributed by atoms with van der Waals surface area (Å²) in [7, 11) is 0. The minimum Gasteiger partial charge on any atom is -0.504 e. The zero-order valence-electron chi connectivity index (χ0n) is 27.1. The zero-order valence-corrected chi connectivity index (χ0v) is 27.1. The van der Waals surface area contributed by atoms with Crippen molar-refractivity contribution in [3.05, 3.63) is 89.4 Å². The Labute approximate surface area is 282 Å². The number of alkyl halides is 2. The van der Waals surface area contributed by atoms with E-state index in [-0.39, 0.29) is 47.6 Å². The summed E-state index contributed by atoms with van der Waals surface area (Å²) in [6.07, 6.45) is 2.72. The molecule has 1 aromatic carbocycles. The molecule has 0 aliphatic heterocycles. The second-order valence-corrected chi connectivity index (χ2v) is 12.4. The number of phenolic OH excluding ortho intramolecular Hbond substituents is 2. The summed E-state index contributed by atoms with van der Waals surface area (Å²) in [4.78, 5) is 38.0. The lowest BCUT2D eigenvalue weighted by atomic mass is 9.73. The molecule has 13 heteroatoms. The average molecular weight is 677 g/mol. The topological polar surface area (TPSA) is 164 Å². The van der Waals surface area contributed by atoms with Gasteiger partial charge in [-0.15, -0.1) is 0 Å². The van der Waals surface area contributed by atoms with Crippen LogP contribution >= 0.6 is 0 Å². The summed E-state index contributed by atoms with van der Waals surface area (Å²) in [5, 5.41) is 33.5. The summed E-state index contributed by atoms with van der Waals surface area (Å²) in [6, 6.07) is 14.0. The molecule has 11 nitrogen and oxygen atoms in total. The van der Waals surface area contributed by atoms with E-state index in [2.05, 4.69) is 20.3 Å². The van der Waals surface area contributed by atoms with Crippen molar-refractivity contribution in [3.8, 4) is 22.8 Å². The van der Waals surface area contributed by atoms with E-state index in [4.69, 9.17) is 9.47 Å². The number of aromatic hydroxyl groups is 2. The second kappa shape index (κ2) is 15.4. The molecule has 1 aliphatic carbocycles. The van der Waals surface area contributed by atoms with Crippen LogP contribution in [0.1, 0.15) is 67.8 Å². The molecule has 49 heavy (non-hydrogen) atoms. The monoisotopic (exact) mass is 676 g/mol. The number of aliphatic hydroxyl groups is 1. The fourth-order valence-electron chi connectivity index (χ4n) is 5.92. The lowest BCUT2D eigenvalue weighted by Gasteiger charge is -2.37. The van der Waals surface area contributed by atoms with Crippen LogP contribution in [-0.2, 0) is 31.1 Å². The van der Waals surface area contributed by atoms with Gasteiger partial charge in [-0.1, -0.05) is 6.07 Å². The number of rotatable bonds is 12. The molecule has 258 valence electrons. The van der Waals surface area contributed by atoms with E-state index < -0.39 is 30.8 Å². The maximum Gasteiger partial charge on any atom is 0.311 e. The number of benzene rings is 1. The number of phenols is 2. The van der Waals surface area contributed by atoms with Crippen molar-refractivity contribution < 1.29 is 43.2 Å². The molecule has 0 saturated heterocycles. The third-order valence-electron chi connectivity index (χ3n) is 8.77. The largest absolute Gasteiger partial charge is 0.504 e. The summed E-state index contributed by atoms with van der Waals surface area (Å²) < 4.78 is 36.5. The molecular formula is C36H38F2N4O7. The van der Waals surface area contributed by atoms with Crippen molar-refractivity contribution >= 4 is 23.6 Å². The Kier molecular flexibility index (Phi) is 11.0. The molecule has 0 radical (unpaired) electrons. The predicted molar refractivity (Wildman–Crippen MR) is 175 cm³/mol. The normalized spacial score (nSPS) is 17.3. The minimum absolute atomic E-state index is 0.00888. The molecule has 0 amide bonds. The van der Waals surface area contributed by atoms with Gasteiger partial charge in [0.15, 0.2) is 11.5 Å². The van der Waals surface area contributed by atoms with E-state index in [1.165, 1.54) is 30.5 Å². The third kappa shape index (κ3) is 9.05. The van der Waals surface area contributed by atoms with Gasteiger partial charge in [-0.2, -0.15) is 0 Å². The lowest BCUT2D eigenvalue weighted by Crippen LogP contribution is -2.37. The van der Waals surface area contributed by atoms with Crippen molar-refractivity contribution in [1.29, 1.82) is 0 Å². The molecular weight excluding hydrogens is 638 g/mol. The fourth-order valence-corrected chi connectivity index (χ4v) is 5.92. The van der Waals surface area contributed by atoms with E-state index in [9.17, 15) is 33.7 Å². The Morgan fingerprint density at radius 3 is 2.43 bits per heavy atom. The summed E-state index contributed by atoms with van der Waals surface area (Å²) in [5.41, 5.74) is 1.91. The lowest BCUT2D eigenvalue weighted by molar-refractivity contribution is -0.171. The number of aromatic nitrogens is 3. The van der Waals surface area contributed by atoms with Crippen molar-refractivity contribution in [3.63, 3.8) is 0 Å². The van der Waals surface area contributed by atoms with Crippen molar-refractivity contribution in [2.24, 2.45) is 11.8 Å². The van der Waals surface area contributed by atoms with Gasteiger partial charge in [0.05, 0.1) is 17.3 Å². The molecule has 0 unspecified atom stereocenters. The van der Waals surface area contributed by atoms with Gasteiger partial charge < -0.3 is 30.1 Å². The van der Waals surface area contributed by atoms with E-state index in [1.54, 1.807) is 31.3 Å². The maximum absolute atomic E-state index is 13.1. The van der Waals surface area contributed by atoms with Gasteiger partial charge in [-0.3, -0.25) is 14.6 Å².